The molecule has 0 spiro atoms. The van der Waals surface area contributed by atoms with Gasteiger partial charge in [-0.2, -0.15) is 10.6 Å². The quantitative estimate of drug-likeness (QED) is 0.684. The fourth-order valence-corrected chi connectivity index (χ4v) is 2.51. The minimum Gasteiger partial charge on any atom is -0.299 e. The minimum atomic E-state index is -2.43. The van der Waals surface area contributed by atoms with E-state index in [-0.39, 0.29) is 10.00 Å². The number of hydrogen-bond donors (Lipinski definition) is 2. The van der Waals surface area contributed by atoms with Gasteiger partial charge in [0.2, 0.25) is 0 Å². The molecule has 1 atom stereocenters. The normalized spacial score (nSPS) is 18.1. The summed E-state index contributed by atoms with van der Waals surface area (Å²) in [6.45, 7) is 9.47. The first-order valence-electron chi connectivity index (χ1n) is 4.00. The van der Waals surface area contributed by atoms with Gasteiger partial charge in [-0.3, -0.25) is 9.11 Å². The summed E-state index contributed by atoms with van der Waals surface area (Å²) in [7, 11) is -2.43. The van der Waals surface area contributed by atoms with E-state index in [1.54, 1.807) is 0 Å². The Morgan fingerprint density at radius 3 is 1.73 bits per heavy atom. The van der Waals surface area contributed by atoms with E-state index in [1.165, 1.54) is 0 Å². The van der Waals surface area contributed by atoms with E-state index < -0.39 is 10.6 Å². The van der Waals surface area contributed by atoms with Crippen molar-refractivity contribution in [3.8, 4) is 0 Å². The molecule has 0 radical (unpaired) electrons. The van der Waals surface area contributed by atoms with Gasteiger partial charge in [0.1, 0.15) is 0 Å². The first-order chi connectivity index (χ1) is 4.73. The van der Waals surface area contributed by atoms with Gasteiger partial charge in [-0.05, 0) is 34.1 Å². The maximum Gasteiger partial charge on any atom is 0.0513 e. The third-order valence-electron chi connectivity index (χ3n) is 2.04. The molecular weight excluding hydrogens is 160 g/mol. The lowest BCUT2D eigenvalue weighted by atomic mass is 10.3. The molecule has 1 unspecified atom stereocenters. The van der Waals surface area contributed by atoms with Crippen LogP contribution in [-0.4, -0.2) is 19.1 Å². The van der Waals surface area contributed by atoms with E-state index in [2.05, 4.69) is 0 Å². The molecule has 0 amide bonds. The Morgan fingerprint density at radius 2 is 1.64 bits per heavy atom. The van der Waals surface area contributed by atoms with Crippen molar-refractivity contribution in [2.24, 2.45) is 0 Å². The van der Waals surface area contributed by atoms with Crippen LogP contribution in [0.3, 0.4) is 0 Å². The third-order valence-corrected chi connectivity index (χ3v) is 5.30. The Labute approximate surface area is 71.4 Å². The molecule has 0 aliphatic rings. The first-order valence-corrected chi connectivity index (χ1v) is 5.61. The van der Waals surface area contributed by atoms with E-state index in [0.717, 1.165) is 6.42 Å². The van der Waals surface area contributed by atoms with Crippen molar-refractivity contribution in [2.75, 3.05) is 0 Å². The monoisotopic (exact) mass is 180 g/mol. The lowest BCUT2D eigenvalue weighted by molar-refractivity contribution is 0.435. The van der Waals surface area contributed by atoms with Gasteiger partial charge >= 0.3 is 0 Å². The second kappa shape index (κ2) is 3.33. The number of hydrogen-bond acceptors (Lipinski definition) is 2. The average Bonchev–Trinajstić information content (AvgIpc) is 1.83. The molecular formula is C8H20O2S. The Balaban J connectivity index is 4.45. The SMILES string of the molecule is CCC(C)S(O)(O)C(C)(C)C. The molecule has 0 aromatic rings. The van der Waals surface area contributed by atoms with Crippen LogP contribution in [0.1, 0.15) is 41.0 Å². The Morgan fingerprint density at radius 1 is 1.27 bits per heavy atom. The maximum absolute atomic E-state index is 9.76. The van der Waals surface area contributed by atoms with Crippen LogP contribution in [0.15, 0.2) is 0 Å². The van der Waals surface area contributed by atoms with Crippen LogP contribution in [-0.2, 0) is 0 Å². The molecule has 0 saturated carbocycles. The summed E-state index contributed by atoms with van der Waals surface area (Å²) in [4.78, 5) is 0. The zero-order valence-electron chi connectivity index (χ0n) is 8.09. The first kappa shape index (κ1) is 11.3. The van der Waals surface area contributed by atoms with Gasteiger partial charge in [0.05, 0.1) is 4.75 Å². The Bertz CT molecular complexity index is 127. The predicted molar refractivity (Wildman–Crippen MR) is 52.4 cm³/mol. The second-order valence-electron chi connectivity index (χ2n) is 3.92. The fourth-order valence-electron chi connectivity index (χ4n) is 0.836. The Kier molecular flexibility index (Phi) is 3.42. The minimum absolute atomic E-state index is 0.00231. The highest BCUT2D eigenvalue weighted by molar-refractivity contribution is 8.25. The third kappa shape index (κ3) is 2.36. The predicted octanol–water partition coefficient (Wildman–Crippen LogP) is 3.33. The number of rotatable bonds is 2. The lowest BCUT2D eigenvalue weighted by Gasteiger charge is -2.48. The zero-order valence-corrected chi connectivity index (χ0v) is 8.90. The summed E-state index contributed by atoms with van der Waals surface area (Å²) in [5.74, 6) is 0. The van der Waals surface area contributed by atoms with Crippen LogP contribution >= 0.6 is 10.6 Å². The second-order valence-corrected chi connectivity index (χ2v) is 7.14. The van der Waals surface area contributed by atoms with Gasteiger partial charge in [-0.25, -0.2) is 0 Å². The molecule has 0 saturated heterocycles. The standard InChI is InChI=1S/C8H20O2S/c1-6-7(2)11(9,10)8(3,4)5/h7,9-10H,6H2,1-5H3. The van der Waals surface area contributed by atoms with Gasteiger partial charge in [0.25, 0.3) is 0 Å². The molecule has 0 heterocycles. The zero-order chi connectivity index (χ0) is 9.28. The van der Waals surface area contributed by atoms with Crippen molar-refractivity contribution in [3.63, 3.8) is 0 Å². The summed E-state index contributed by atoms with van der Waals surface area (Å²) < 4.78 is 19.1. The van der Waals surface area contributed by atoms with Crippen LogP contribution in [0, 0.1) is 0 Å². The van der Waals surface area contributed by atoms with Gasteiger partial charge in [-0.15, -0.1) is 0 Å². The van der Waals surface area contributed by atoms with Crippen molar-refractivity contribution < 1.29 is 9.11 Å². The highest BCUT2D eigenvalue weighted by Crippen LogP contribution is 2.56. The van der Waals surface area contributed by atoms with E-state index in [1.807, 2.05) is 34.6 Å². The molecule has 0 fully saturated rings. The highest BCUT2D eigenvalue weighted by atomic mass is 32.3. The van der Waals surface area contributed by atoms with Crippen LogP contribution < -0.4 is 0 Å². The maximum atomic E-state index is 9.76. The topological polar surface area (TPSA) is 40.5 Å². The summed E-state index contributed by atoms with van der Waals surface area (Å²) >= 11 is 0. The summed E-state index contributed by atoms with van der Waals surface area (Å²) in [6, 6.07) is 0. The van der Waals surface area contributed by atoms with Crippen LogP contribution in [0.4, 0.5) is 0 Å². The molecule has 11 heavy (non-hydrogen) atoms. The van der Waals surface area contributed by atoms with Gasteiger partial charge < -0.3 is 0 Å². The molecule has 70 valence electrons. The van der Waals surface area contributed by atoms with Gasteiger partial charge in [-0.1, -0.05) is 6.92 Å². The molecule has 2 N–H and O–H groups in total. The summed E-state index contributed by atoms with van der Waals surface area (Å²) in [5, 5.41) is 0.00231. The Hall–Kier alpha value is 0.270. The van der Waals surface area contributed by atoms with Gasteiger partial charge in [0.15, 0.2) is 0 Å². The van der Waals surface area contributed by atoms with Gasteiger partial charge in [0, 0.05) is 5.25 Å². The van der Waals surface area contributed by atoms with E-state index >= 15 is 0 Å². The molecule has 2 nitrogen and oxygen atoms in total. The molecule has 3 heteroatoms. The van der Waals surface area contributed by atoms with E-state index in [4.69, 9.17) is 0 Å². The van der Waals surface area contributed by atoms with Crippen LogP contribution in [0.5, 0.6) is 0 Å². The van der Waals surface area contributed by atoms with E-state index in [0.29, 0.717) is 0 Å². The van der Waals surface area contributed by atoms with Crippen molar-refractivity contribution in [1.29, 1.82) is 0 Å². The molecule has 0 aromatic carbocycles. The fraction of sp³-hybridized carbons (Fsp3) is 1.00. The molecule has 0 aromatic heterocycles. The van der Waals surface area contributed by atoms with Crippen molar-refractivity contribution in [1.82, 2.24) is 0 Å². The highest BCUT2D eigenvalue weighted by Gasteiger charge is 2.33. The molecule has 0 aliphatic heterocycles. The largest absolute Gasteiger partial charge is 0.299 e. The summed E-state index contributed by atoms with van der Waals surface area (Å²) in [5.41, 5.74) is 0. The van der Waals surface area contributed by atoms with Crippen molar-refractivity contribution >= 4 is 10.6 Å². The van der Waals surface area contributed by atoms with Crippen LogP contribution in [0.2, 0.25) is 0 Å². The van der Waals surface area contributed by atoms with Crippen LogP contribution in [0.25, 0.3) is 0 Å². The van der Waals surface area contributed by atoms with Crippen molar-refractivity contribution in [2.45, 2.75) is 51.0 Å². The van der Waals surface area contributed by atoms with E-state index in [9.17, 15) is 9.11 Å². The van der Waals surface area contributed by atoms with Crippen molar-refractivity contribution in [3.05, 3.63) is 0 Å². The average molecular weight is 180 g/mol. The summed E-state index contributed by atoms with van der Waals surface area (Å²) in [6.07, 6.45) is 0.819. The molecule has 0 bridgehead atoms. The molecule has 0 rings (SSSR count). The lowest BCUT2D eigenvalue weighted by Crippen LogP contribution is -2.31. The molecule has 0 aliphatic carbocycles. The smallest absolute Gasteiger partial charge is 0.0513 e.